The van der Waals surface area contributed by atoms with Crippen LogP contribution in [0.25, 0.3) is 11.1 Å². The van der Waals surface area contributed by atoms with E-state index < -0.39 is 5.41 Å². The summed E-state index contributed by atoms with van der Waals surface area (Å²) in [7, 11) is 0. The van der Waals surface area contributed by atoms with Gasteiger partial charge in [-0.2, -0.15) is 0 Å². The highest BCUT2D eigenvalue weighted by Crippen LogP contribution is 2.57. The molecule has 1 aliphatic rings. The van der Waals surface area contributed by atoms with Gasteiger partial charge in [0.05, 0.1) is 45.1 Å². The lowest BCUT2D eigenvalue weighted by Crippen LogP contribution is -2.29. The number of hydrogen-bond acceptors (Lipinski definition) is 6. The van der Waals surface area contributed by atoms with Crippen LogP contribution in [0, 0.1) is 27.7 Å². The first-order valence-electron chi connectivity index (χ1n) is 15.0. The van der Waals surface area contributed by atoms with Crippen LogP contribution in [-0.4, -0.2) is 63.1 Å². The lowest BCUT2D eigenvalue weighted by atomic mass is 9.66. The van der Waals surface area contributed by atoms with Crippen molar-refractivity contribution < 1.29 is 29.2 Å². The highest BCUT2D eigenvalue weighted by atomic mass is 16.5. The standard InChI is InChI=1S/C37H42O6/c1-25-21-29(22-26(2)35(25)42-19-17-40-15-13-38)37(33-11-7-5-9-31(33)32-10-6-8-12-34(32)37)30-23-27(3)36(28(4)24-30)43-20-18-41-16-14-39/h5-12,21-24,38-39H,13-20H2,1-4H3. The van der Waals surface area contributed by atoms with E-state index in [0.717, 1.165) is 33.8 Å². The average Bonchev–Trinajstić information content (AvgIpc) is 3.30. The molecule has 5 rings (SSSR count). The number of fused-ring (bicyclic) bond motifs is 3. The van der Waals surface area contributed by atoms with E-state index in [4.69, 9.17) is 29.2 Å². The number of rotatable bonds is 14. The van der Waals surface area contributed by atoms with Crippen molar-refractivity contribution in [2.45, 2.75) is 33.1 Å². The van der Waals surface area contributed by atoms with E-state index in [0.29, 0.717) is 39.6 Å². The summed E-state index contributed by atoms with van der Waals surface area (Å²) in [6, 6.07) is 26.5. The predicted molar refractivity (Wildman–Crippen MR) is 169 cm³/mol. The van der Waals surface area contributed by atoms with Gasteiger partial charge in [0.25, 0.3) is 0 Å². The van der Waals surface area contributed by atoms with Crippen molar-refractivity contribution in [1.82, 2.24) is 0 Å². The van der Waals surface area contributed by atoms with Crippen LogP contribution in [0.4, 0.5) is 0 Å². The van der Waals surface area contributed by atoms with Crippen LogP contribution in [0.5, 0.6) is 11.5 Å². The Hall–Kier alpha value is -3.68. The third-order valence-electron chi connectivity index (χ3n) is 8.16. The molecule has 0 fully saturated rings. The van der Waals surface area contributed by atoms with E-state index in [1.54, 1.807) is 0 Å². The highest BCUT2D eigenvalue weighted by Gasteiger charge is 2.46. The smallest absolute Gasteiger partial charge is 0.125 e. The number of benzene rings is 4. The molecular formula is C37H42O6. The highest BCUT2D eigenvalue weighted by molar-refractivity contribution is 5.86. The average molecular weight is 583 g/mol. The van der Waals surface area contributed by atoms with E-state index in [-0.39, 0.29) is 13.2 Å². The monoisotopic (exact) mass is 582 g/mol. The van der Waals surface area contributed by atoms with Gasteiger partial charge in [0.15, 0.2) is 0 Å². The number of aryl methyl sites for hydroxylation is 4. The molecule has 0 amide bonds. The summed E-state index contributed by atoms with van der Waals surface area (Å²) in [5, 5.41) is 18.0. The van der Waals surface area contributed by atoms with Gasteiger partial charge in [-0.1, -0.05) is 72.8 Å². The van der Waals surface area contributed by atoms with Crippen molar-refractivity contribution in [2.75, 3.05) is 52.9 Å². The maximum absolute atomic E-state index is 8.99. The second kappa shape index (κ2) is 13.7. The third-order valence-corrected chi connectivity index (χ3v) is 8.16. The largest absolute Gasteiger partial charge is 0.491 e. The molecule has 0 aliphatic heterocycles. The number of aliphatic hydroxyl groups is 2. The van der Waals surface area contributed by atoms with E-state index >= 15 is 0 Å². The van der Waals surface area contributed by atoms with Crippen LogP contribution < -0.4 is 9.47 Å². The van der Waals surface area contributed by atoms with Gasteiger partial charge >= 0.3 is 0 Å². The van der Waals surface area contributed by atoms with Crippen LogP contribution in [0.15, 0.2) is 72.8 Å². The van der Waals surface area contributed by atoms with Crippen molar-refractivity contribution in [3.8, 4) is 22.6 Å². The minimum absolute atomic E-state index is 0.00286. The first-order chi connectivity index (χ1) is 20.9. The first-order valence-corrected chi connectivity index (χ1v) is 15.0. The molecule has 2 N–H and O–H groups in total. The second-order valence-corrected chi connectivity index (χ2v) is 11.1. The summed E-state index contributed by atoms with van der Waals surface area (Å²) in [5.41, 5.74) is 11.1. The maximum Gasteiger partial charge on any atom is 0.125 e. The fourth-order valence-corrected chi connectivity index (χ4v) is 6.55. The molecule has 0 bridgehead atoms. The molecule has 0 atom stereocenters. The third kappa shape index (κ3) is 5.93. The molecule has 0 heterocycles. The van der Waals surface area contributed by atoms with Crippen molar-refractivity contribution >= 4 is 0 Å². The van der Waals surface area contributed by atoms with Gasteiger partial charge in [-0.15, -0.1) is 0 Å². The Bertz CT molecular complexity index is 1400. The molecule has 1 aliphatic carbocycles. The second-order valence-electron chi connectivity index (χ2n) is 11.1. The molecule has 0 unspecified atom stereocenters. The van der Waals surface area contributed by atoms with E-state index in [1.807, 2.05) is 0 Å². The molecule has 0 saturated carbocycles. The van der Waals surface area contributed by atoms with E-state index in [9.17, 15) is 0 Å². The fraction of sp³-hybridized carbons (Fsp3) is 0.351. The molecule has 43 heavy (non-hydrogen) atoms. The van der Waals surface area contributed by atoms with Gasteiger partial charge < -0.3 is 29.2 Å². The minimum Gasteiger partial charge on any atom is -0.491 e. The molecule has 0 spiro atoms. The molecular weight excluding hydrogens is 540 g/mol. The zero-order valence-electron chi connectivity index (χ0n) is 25.6. The lowest BCUT2D eigenvalue weighted by molar-refractivity contribution is 0.0702. The van der Waals surface area contributed by atoms with Crippen molar-refractivity contribution in [3.63, 3.8) is 0 Å². The summed E-state index contributed by atoms with van der Waals surface area (Å²) < 4.78 is 23.2. The quantitative estimate of drug-likeness (QED) is 0.155. The molecule has 4 aromatic rings. The Balaban J connectivity index is 1.64. The van der Waals surface area contributed by atoms with Crippen molar-refractivity contribution in [2.24, 2.45) is 0 Å². The van der Waals surface area contributed by atoms with Gasteiger partial charge in [-0.3, -0.25) is 0 Å². The molecule has 0 radical (unpaired) electrons. The Morgan fingerprint density at radius 1 is 0.512 bits per heavy atom. The summed E-state index contributed by atoms with van der Waals surface area (Å²) in [6.07, 6.45) is 0. The molecule has 4 aromatic carbocycles. The maximum atomic E-state index is 8.99. The van der Waals surface area contributed by atoms with Crippen LogP contribution in [0.3, 0.4) is 0 Å². The van der Waals surface area contributed by atoms with Crippen LogP contribution in [-0.2, 0) is 14.9 Å². The van der Waals surface area contributed by atoms with Gasteiger partial charge in [0.2, 0.25) is 0 Å². The molecule has 6 heteroatoms. The topological polar surface area (TPSA) is 77.4 Å². The van der Waals surface area contributed by atoms with Gasteiger partial charge in [-0.05, 0) is 83.3 Å². The number of ether oxygens (including phenoxy) is 4. The zero-order chi connectivity index (χ0) is 30.4. The van der Waals surface area contributed by atoms with Crippen molar-refractivity contribution in [1.29, 1.82) is 0 Å². The Labute approximate surface area is 254 Å². The van der Waals surface area contributed by atoms with E-state index in [2.05, 4.69) is 100 Å². The predicted octanol–water partition coefficient (Wildman–Crippen LogP) is 6.06. The number of aliphatic hydroxyl groups excluding tert-OH is 2. The van der Waals surface area contributed by atoms with Gasteiger partial charge in [0, 0.05) is 0 Å². The van der Waals surface area contributed by atoms with E-state index in [1.165, 1.54) is 33.4 Å². The zero-order valence-corrected chi connectivity index (χ0v) is 25.6. The van der Waals surface area contributed by atoms with Crippen LogP contribution in [0.2, 0.25) is 0 Å². The lowest BCUT2D eigenvalue weighted by Gasteiger charge is -2.35. The van der Waals surface area contributed by atoms with Crippen LogP contribution in [0.1, 0.15) is 44.5 Å². The summed E-state index contributed by atoms with van der Waals surface area (Å²) in [4.78, 5) is 0. The Morgan fingerprint density at radius 3 is 1.26 bits per heavy atom. The SMILES string of the molecule is Cc1cc(C2(c3cc(C)c(OCCOCCO)c(C)c3)c3ccccc3-c3ccccc32)cc(C)c1OCCOCCO. The normalized spacial score (nSPS) is 13.1. The Kier molecular flexibility index (Phi) is 9.83. The van der Waals surface area contributed by atoms with Crippen LogP contribution >= 0.6 is 0 Å². The van der Waals surface area contributed by atoms with Crippen molar-refractivity contribution in [3.05, 3.63) is 117 Å². The summed E-state index contributed by atoms with van der Waals surface area (Å²) in [6.45, 7) is 10.7. The Morgan fingerprint density at radius 2 is 0.884 bits per heavy atom. The molecule has 226 valence electrons. The molecule has 6 nitrogen and oxygen atoms in total. The minimum atomic E-state index is -0.538. The fourth-order valence-electron chi connectivity index (χ4n) is 6.55. The summed E-state index contributed by atoms with van der Waals surface area (Å²) in [5.74, 6) is 1.73. The van der Waals surface area contributed by atoms with Gasteiger partial charge in [0.1, 0.15) is 24.7 Å². The molecule has 0 saturated heterocycles. The number of hydrogen-bond donors (Lipinski definition) is 2. The molecule has 0 aromatic heterocycles. The first kappa shape index (κ1) is 30.8. The van der Waals surface area contributed by atoms with Gasteiger partial charge in [-0.25, -0.2) is 0 Å². The summed E-state index contributed by atoms with van der Waals surface area (Å²) >= 11 is 0.